The fraction of sp³-hybridized carbons (Fsp3) is 0.923. The smallest absolute Gasteiger partial charge is 0.140 e. The van der Waals surface area contributed by atoms with Crippen LogP contribution < -0.4 is 11.1 Å². The first-order valence-corrected chi connectivity index (χ1v) is 6.96. The van der Waals surface area contributed by atoms with Crippen LogP contribution in [-0.4, -0.2) is 35.3 Å². The highest BCUT2D eigenvalue weighted by Gasteiger charge is 2.31. The Morgan fingerprint density at radius 2 is 2.06 bits per heavy atom. The van der Waals surface area contributed by atoms with E-state index in [9.17, 15) is 5.11 Å². The highest BCUT2D eigenvalue weighted by Crippen LogP contribution is 2.35. The zero-order valence-corrected chi connectivity index (χ0v) is 11.4. The number of aliphatic hydroxyl groups excluding tert-OH is 1. The molecule has 0 aromatic rings. The number of oxime groups is 1. The second-order valence-corrected chi connectivity index (χ2v) is 5.50. The van der Waals surface area contributed by atoms with E-state index in [1.54, 1.807) is 0 Å². The summed E-state index contributed by atoms with van der Waals surface area (Å²) < 4.78 is 0. The topological polar surface area (TPSA) is 90.9 Å². The third-order valence-corrected chi connectivity index (χ3v) is 4.09. The van der Waals surface area contributed by atoms with Crippen molar-refractivity contribution in [3.8, 4) is 0 Å². The maximum atomic E-state index is 9.63. The van der Waals surface area contributed by atoms with Crippen LogP contribution in [0, 0.1) is 5.41 Å². The van der Waals surface area contributed by atoms with Crippen molar-refractivity contribution in [1.29, 1.82) is 0 Å². The molecular weight excluding hydrogens is 230 g/mol. The normalized spacial score (nSPS) is 21.8. The first-order valence-electron chi connectivity index (χ1n) is 6.96. The Morgan fingerprint density at radius 3 is 2.56 bits per heavy atom. The highest BCUT2D eigenvalue weighted by atomic mass is 16.4. The van der Waals surface area contributed by atoms with Crippen LogP contribution in [0.3, 0.4) is 0 Å². The minimum Gasteiger partial charge on any atom is -0.409 e. The summed E-state index contributed by atoms with van der Waals surface area (Å²) in [6.45, 7) is 3.15. The van der Waals surface area contributed by atoms with E-state index in [1.165, 1.54) is 19.3 Å². The molecule has 5 heteroatoms. The molecule has 1 fully saturated rings. The lowest BCUT2D eigenvalue weighted by atomic mass is 9.74. The molecule has 1 saturated carbocycles. The Bertz CT molecular complexity index is 263. The number of rotatable bonds is 7. The largest absolute Gasteiger partial charge is 0.409 e. The Kier molecular flexibility index (Phi) is 6.43. The third kappa shape index (κ3) is 4.46. The van der Waals surface area contributed by atoms with E-state index in [2.05, 4.69) is 17.4 Å². The quantitative estimate of drug-likeness (QED) is 0.240. The van der Waals surface area contributed by atoms with Crippen LogP contribution in [0.4, 0.5) is 0 Å². The van der Waals surface area contributed by atoms with Crippen LogP contribution in [0.25, 0.3) is 0 Å². The van der Waals surface area contributed by atoms with Gasteiger partial charge in [-0.3, -0.25) is 0 Å². The molecule has 106 valence electrons. The lowest BCUT2D eigenvalue weighted by Crippen LogP contribution is -2.44. The summed E-state index contributed by atoms with van der Waals surface area (Å²) in [7, 11) is 0. The summed E-state index contributed by atoms with van der Waals surface area (Å²) in [6, 6.07) is 0.214. The predicted molar refractivity (Wildman–Crippen MR) is 72.7 cm³/mol. The van der Waals surface area contributed by atoms with Crippen LogP contribution in [-0.2, 0) is 0 Å². The standard InChI is InChI=1S/C13H27N3O2/c1-2-11(8-12(14)16-18)15-9-13(10-17)6-4-3-5-7-13/h11,15,17-18H,2-10H2,1H3,(H2,14,16). The maximum Gasteiger partial charge on any atom is 0.140 e. The van der Waals surface area contributed by atoms with Gasteiger partial charge in [-0.25, -0.2) is 0 Å². The van der Waals surface area contributed by atoms with E-state index in [0.29, 0.717) is 6.42 Å². The van der Waals surface area contributed by atoms with Crippen LogP contribution in [0.5, 0.6) is 0 Å². The first kappa shape index (κ1) is 15.2. The van der Waals surface area contributed by atoms with Gasteiger partial charge in [0.05, 0.1) is 0 Å². The molecule has 1 aliphatic rings. The molecule has 1 atom stereocenters. The molecule has 1 unspecified atom stereocenters. The zero-order chi connectivity index (χ0) is 13.4. The molecule has 0 aromatic carbocycles. The van der Waals surface area contributed by atoms with Crippen molar-refractivity contribution in [2.75, 3.05) is 13.2 Å². The molecule has 18 heavy (non-hydrogen) atoms. The van der Waals surface area contributed by atoms with Gasteiger partial charge in [-0.05, 0) is 19.3 Å². The first-order chi connectivity index (χ1) is 8.65. The van der Waals surface area contributed by atoms with E-state index in [-0.39, 0.29) is 23.9 Å². The van der Waals surface area contributed by atoms with Crippen molar-refractivity contribution in [2.45, 2.75) is 57.9 Å². The fourth-order valence-electron chi connectivity index (χ4n) is 2.71. The molecule has 1 aliphatic carbocycles. The Morgan fingerprint density at radius 1 is 1.39 bits per heavy atom. The Labute approximate surface area is 109 Å². The van der Waals surface area contributed by atoms with Gasteiger partial charge in [0.15, 0.2) is 0 Å². The summed E-state index contributed by atoms with van der Waals surface area (Å²) in [5.41, 5.74) is 5.57. The molecule has 0 radical (unpaired) electrons. The average molecular weight is 257 g/mol. The van der Waals surface area contributed by atoms with E-state index >= 15 is 0 Å². The number of nitrogens with two attached hydrogens (primary N) is 1. The van der Waals surface area contributed by atoms with Gasteiger partial charge in [0.2, 0.25) is 0 Å². The molecule has 5 N–H and O–H groups in total. The van der Waals surface area contributed by atoms with E-state index in [1.807, 2.05) is 0 Å². The van der Waals surface area contributed by atoms with Gasteiger partial charge in [0.25, 0.3) is 0 Å². The monoisotopic (exact) mass is 257 g/mol. The minimum atomic E-state index is 0.0385. The third-order valence-electron chi connectivity index (χ3n) is 4.09. The maximum absolute atomic E-state index is 9.63. The van der Waals surface area contributed by atoms with Crippen molar-refractivity contribution < 1.29 is 10.3 Å². The molecule has 0 heterocycles. The number of aliphatic hydroxyl groups is 1. The molecule has 0 saturated heterocycles. The second kappa shape index (κ2) is 7.59. The van der Waals surface area contributed by atoms with Gasteiger partial charge in [0.1, 0.15) is 5.84 Å². The van der Waals surface area contributed by atoms with Crippen LogP contribution >= 0.6 is 0 Å². The molecule has 0 aromatic heterocycles. The predicted octanol–water partition coefficient (Wildman–Crippen LogP) is 1.43. The van der Waals surface area contributed by atoms with Gasteiger partial charge in [-0.2, -0.15) is 0 Å². The number of nitrogens with one attached hydrogen (secondary N) is 1. The fourth-order valence-corrected chi connectivity index (χ4v) is 2.71. The van der Waals surface area contributed by atoms with Crippen molar-refractivity contribution in [2.24, 2.45) is 16.3 Å². The lowest BCUT2D eigenvalue weighted by Gasteiger charge is -2.37. The molecule has 0 aliphatic heterocycles. The second-order valence-electron chi connectivity index (χ2n) is 5.50. The zero-order valence-electron chi connectivity index (χ0n) is 11.4. The number of hydrogen-bond acceptors (Lipinski definition) is 4. The average Bonchev–Trinajstić information content (AvgIpc) is 2.44. The van der Waals surface area contributed by atoms with Crippen LogP contribution in [0.1, 0.15) is 51.9 Å². The van der Waals surface area contributed by atoms with Crippen LogP contribution in [0.15, 0.2) is 5.16 Å². The van der Waals surface area contributed by atoms with Gasteiger partial charge < -0.3 is 21.4 Å². The van der Waals surface area contributed by atoms with E-state index in [4.69, 9.17) is 10.9 Å². The van der Waals surface area contributed by atoms with Crippen molar-refractivity contribution in [1.82, 2.24) is 5.32 Å². The van der Waals surface area contributed by atoms with E-state index < -0.39 is 0 Å². The summed E-state index contributed by atoms with van der Waals surface area (Å²) in [6.07, 6.45) is 7.36. The van der Waals surface area contributed by atoms with Crippen molar-refractivity contribution >= 4 is 5.84 Å². The Hall–Kier alpha value is -0.810. The van der Waals surface area contributed by atoms with Gasteiger partial charge in [0, 0.05) is 31.0 Å². The molecule has 0 amide bonds. The lowest BCUT2D eigenvalue weighted by molar-refractivity contribution is 0.0783. The molecule has 0 spiro atoms. The summed E-state index contributed by atoms with van der Waals surface area (Å²) in [5.74, 6) is 0.260. The van der Waals surface area contributed by atoms with Crippen LogP contribution in [0.2, 0.25) is 0 Å². The van der Waals surface area contributed by atoms with E-state index in [0.717, 1.165) is 25.8 Å². The Balaban J connectivity index is 2.44. The van der Waals surface area contributed by atoms with Gasteiger partial charge in [-0.15, -0.1) is 0 Å². The number of nitrogens with zero attached hydrogens (tertiary/aromatic N) is 1. The molecular formula is C13H27N3O2. The molecule has 5 nitrogen and oxygen atoms in total. The van der Waals surface area contributed by atoms with Gasteiger partial charge >= 0.3 is 0 Å². The minimum absolute atomic E-state index is 0.0385. The number of hydrogen-bond donors (Lipinski definition) is 4. The molecule has 1 rings (SSSR count). The SMILES string of the molecule is CCC(CC(N)=NO)NCC1(CO)CCCCC1. The van der Waals surface area contributed by atoms with Crippen molar-refractivity contribution in [3.05, 3.63) is 0 Å². The summed E-state index contributed by atoms with van der Waals surface area (Å²) >= 11 is 0. The number of amidine groups is 1. The summed E-state index contributed by atoms with van der Waals surface area (Å²) in [5, 5.41) is 24.7. The van der Waals surface area contributed by atoms with Crippen molar-refractivity contribution in [3.63, 3.8) is 0 Å². The molecule has 0 bridgehead atoms. The summed E-state index contributed by atoms with van der Waals surface area (Å²) in [4.78, 5) is 0. The van der Waals surface area contributed by atoms with Gasteiger partial charge in [-0.1, -0.05) is 31.3 Å². The highest BCUT2D eigenvalue weighted by molar-refractivity contribution is 5.80.